The highest BCUT2D eigenvalue weighted by Crippen LogP contribution is 2.11. The Balaban J connectivity index is 2.83. The van der Waals surface area contributed by atoms with Crippen molar-refractivity contribution in [2.45, 2.75) is 56.9 Å². The fourth-order valence-electron chi connectivity index (χ4n) is 2.64. The molecule has 0 aromatic heterocycles. The van der Waals surface area contributed by atoms with Crippen molar-refractivity contribution >= 4 is 30.4 Å². The summed E-state index contributed by atoms with van der Waals surface area (Å²) in [5.74, 6) is -1.99. The third-order valence-corrected chi connectivity index (χ3v) is 5.21. The molecule has 0 saturated heterocycles. The smallest absolute Gasteiger partial charge is 0.326 e. The molecular formula is C20H31N3O4S. The van der Waals surface area contributed by atoms with Gasteiger partial charge in [-0.05, 0) is 37.3 Å². The number of carboxylic acids is 1. The minimum Gasteiger partial charge on any atom is -0.480 e. The molecule has 0 aliphatic carbocycles. The summed E-state index contributed by atoms with van der Waals surface area (Å²) in [4.78, 5) is 36.7. The molecule has 0 radical (unpaired) electrons. The van der Waals surface area contributed by atoms with Crippen molar-refractivity contribution in [1.82, 2.24) is 10.6 Å². The van der Waals surface area contributed by atoms with Gasteiger partial charge in [0.15, 0.2) is 0 Å². The molecule has 2 unspecified atom stereocenters. The van der Waals surface area contributed by atoms with Crippen molar-refractivity contribution < 1.29 is 19.5 Å². The average molecular weight is 410 g/mol. The molecule has 0 spiro atoms. The van der Waals surface area contributed by atoms with Crippen LogP contribution in [0.1, 0.15) is 38.7 Å². The first-order chi connectivity index (χ1) is 13.3. The number of nitrogens with one attached hydrogen (secondary N) is 2. The molecule has 5 N–H and O–H groups in total. The summed E-state index contributed by atoms with van der Waals surface area (Å²) in [5.41, 5.74) is 6.31. The average Bonchev–Trinajstić information content (AvgIpc) is 2.66. The van der Waals surface area contributed by atoms with Gasteiger partial charge in [0.25, 0.3) is 0 Å². The number of unbranched alkanes of at least 4 members (excludes halogenated alkanes) is 1. The van der Waals surface area contributed by atoms with E-state index in [0.29, 0.717) is 25.8 Å². The minimum atomic E-state index is -1.13. The molecule has 1 aromatic carbocycles. The monoisotopic (exact) mass is 409 g/mol. The van der Waals surface area contributed by atoms with Crippen LogP contribution in [-0.2, 0) is 20.8 Å². The molecule has 1 aromatic rings. The Bertz CT molecular complexity index is 640. The van der Waals surface area contributed by atoms with E-state index in [2.05, 4.69) is 23.3 Å². The lowest BCUT2D eigenvalue weighted by atomic mass is 10.0. The summed E-state index contributed by atoms with van der Waals surface area (Å²) >= 11 is 4.28. The predicted octanol–water partition coefficient (Wildman–Crippen LogP) is 1.37. The Morgan fingerprint density at radius 1 is 1.04 bits per heavy atom. The van der Waals surface area contributed by atoms with Crippen molar-refractivity contribution in [3.05, 3.63) is 35.9 Å². The van der Waals surface area contributed by atoms with Crippen molar-refractivity contribution in [3.63, 3.8) is 0 Å². The maximum atomic E-state index is 12.7. The van der Waals surface area contributed by atoms with Crippen LogP contribution in [-0.4, -0.2) is 46.8 Å². The summed E-state index contributed by atoms with van der Waals surface area (Å²) in [6.45, 7) is 4.21. The highest BCUT2D eigenvalue weighted by Gasteiger charge is 2.28. The van der Waals surface area contributed by atoms with Gasteiger partial charge in [-0.25, -0.2) is 4.79 Å². The molecule has 0 aliphatic rings. The number of rotatable bonds is 12. The Morgan fingerprint density at radius 3 is 2.18 bits per heavy atom. The van der Waals surface area contributed by atoms with Gasteiger partial charge in [0.1, 0.15) is 12.1 Å². The number of carboxylic acid groups (broad SMARTS) is 1. The second kappa shape index (κ2) is 12.4. The molecule has 0 heterocycles. The van der Waals surface area contributed by atoms with Gasteiger partial charge in [-0.15, -0.1) is 0 Å². The lowest BCUT2D eigenvalue weighted by Crippen LogP contribution is -2.53. The number of benzene rings is 1. The molecule has 0 fully saturated rings. The van der Waals surface area contributed by atoms with E-state index in [1.54, 1.807) is 12.1 Å². The second-order valence-corrected chi connectivity index (χ2v) is 7.68. The van der Waals surface area contributed by atoms with Crippen molar-refractivity contribution in [3.8, 4) is 0 Å². The van der Waals surface area contributed by atoms with E-state index in [1.807, 2.05) is 32.0 Å². The molecule has 3 atom stereocenters. The van der Waals surface area contributed by atoms with Gasteiger partial charge in [0, 0.05) is 6.42 Å². The zero-order valence-electron chi connectivity index (χ0n) is 16.4. The van der Waals surface area contributed by atoms with Crippen LogP contribution < -0.4 is 16.4 Å². The molecule has 0 bridgehead atoms. The van der Waals surface area contributed by atoms with Gasteiger partial charge < -0.3 is 21.5 Å². The Kier molecular flexibility index (Phi) is 10.6. The third-order valence-electron chi connectivity index (χ3n) is 4.38. The van der Waals surface area contributed by atoms with Crippen molar-refractivity contribution in [2.24, 2.45) is 11.7 Å². The zero-order valence-corrected chi connectivity index (χ0v) is 17.3. The summed E-state index contributed by atoms with van der Waals surface area (Å²) in [5, 5.41) is 14.2. The Morgan fingerprint density at radius 2 is 1.64 bits per heavy atom. The van der Waals surface area contributed by atoms with Crippen molar-refractivity contribution in [1.29, 1.82) is 0 Å². The van der Waals surface area contributed by atoms with Crippen LogP contribution in [0.2, 0.25) is 0 Å². The van der Waals surface area contributed by atoms with Gasteiger partial charge in [-0.1, -0.05) is 44.2 Å². The first-order valence-corrected chi connectivity index (χ1v) is 10.0. The minimum absolute atomic E-state index is 0.000866. The van der Waals surface area contributed by atoms with Crippen LogP contribution >= 0.6 is 12.6 Å². The highest BCUT2D eigenvalue weighted by atomic mass is 32.1. The molecule has 0 aliphatic heterocycles. The molecule has 1 rings (SSSR count). The predicted molar refractivity (Wildman–Crippen MR) is 112 cm³/mol. The number of thiol groups is 1. The van der Waals surface area contributed by atoms with E-state index in [0.717, 1.165) is 5.56 Å². The Labute approximate surface area is 171 Å². The van der Waals surface area contributed by atoms with E-state index in [-0.39, 0.29) is 18.2 Å². The first-order valence-electron chi connectivity index (χ1n) is 9.51. The van der Waals surface area contributed by atoms with E-state index in [4.69, 9.17) is 5.73 Å². The van der Waals surface area contributed by atoms with E-state index in [1.165, 1.54) is 0 Å². The lowest BCUT2D eigenvalue weighted by Gasteiger charge is -2.23. The molecule has 156 valence electrons. The summed E-state index contributed by atoms with van der Waals surface area (Å²) < 4.78 is 0. The molecule has 2 amide bonds. The number of hydrogen-bond donors (Lipinski definition) is 5. The fourth-order valence-corrected chi connectivity index (χ4v) is 2.72. The number of carbonyl (C=O) groups is 3. The van der Waals surface area contributed by atoms with Crippen LogP contribution in [0.3, 0.4) is 0 Å². The van der Waals surface area contributed by atoms with Crippen LogP contribution in [0.4, 0.5) is 0 Å². The van der Waals surface area contributed by atoms with Crippen LogP contribution in [0.25, 0.3) is 0 Å². The van der Waals surface area contributed by atoms with E-state index in [9.17, 15) is 19.5 Å². The standard InChI is InChI=1S/C20H31N3O4S/c1-13(2)17(28)19(25)22-15(10-6-7-11-21)18(24)23-16(20(26)27)12-14-8-4-3-5-9-14/h3-5,8-9,13,15-17,28H,6-7,10-12,21H2,1-2H3,(H,22,25)(H,23,24)(H,26,27)/t15?,16?,17-/m0/s1. The van der Waals surface area contributed by atoms with Crippen molar-refractivity contribution in [2.75, 3.05) is 6.54 Å². The quantitative estimate of drug-likeness (QED) is 0.264. The molecule has 0 saturated carbocycles. The Hall–Kier alpha value is -2.06. The normalized spacial score (nSPS) is 14.2. The first kappa shape index (κ1) is 24.0. The van der Waals surface area contributed by atoms with Gasteiger partial charge in [-0.3, -0.25) is 9.59 Å². The summed E-state index contributed by atoms with van der Waals surface area (Å²) in [6, 6.07) is 7.15. The number of nitrogens with two attached hydrogens (primary N) is 1. The van der Waals surface area contributed by atoms with Crippen LogP contribution in [0.5, 0.6) is 0 Å². The van der Waals surface area contributed by atoms with Crippen LogP contribution in [0, 0.1) is 5.92 Å². The number of aliphatic carboxylic acids is 1. The van der Waals surface area contributed by atoms with Gasteiger partial charge >= 0.3 is 5.97 Å². The fraction of sp³-hybridized carbons (Fsp3) is 0.550. The molecule has 28 heavy (non-hydrogen) atoms. The van der Waals surface area contributed by atoms with E-state index >= 15 is 0 Å². The summed E-state index contributed by atoms with van der Waals surface area (Å²) in [6.07, 6.45) is 1.89. The molecule has 8 heteroatoms. The number of amides is 2. The summed E-state index contributed by atoms with van der Waals surface area (Å²) in [7, 11) is 0. The molecular weight excluding hydrogens is 378 g/mol. The SMILES string of the molecule is CC(C)[C@H](S)C(=O)NC(CCCCN)C(=O)NC(Cc1ccccc1)C(=O)O. The van der Waals surface area contributed by atoms with Crippen LogP contribution in [0.15, 0.2) is 30.3 Å². The maximum absolute atomic E-state index is 12.7. The topological polar surface area (TPSA) is 122 Å². The third kappa shape index (κ3) is 8.31. The van der Waals surface area contributed by atoms with Gasteiger partial charge in [-0.2, -0.15) is 12.6 Å². The largest absolute Gasteiger partial charge is 0.480 e. The molecule has 7 nitrogen and oxygen atoms in total. The lowest BCUT2D eigenvalue weighted by molar-refractivity contribution is -0.142. The zero-order chi connectivity index (χ0) is 21.1. The van der Waals surface area contributed by atoms with Gasteiger partial charge in [0.2, 0.25) is 11.8 Å². The highest BCUT2D eigenvalue weighted by molar-refractivity contribution is 7.81. The van der Waals surface area contributed by atoms with Gasteiger partial charge in [0.05, 0.1) is 5.25 Å². The number of carbonyl (C=O) groups excluding carboxylic acids is 2. The van der Waals surface area contributed by atoms with E-state index < -0.39 is 29.2 Å². The maximum Gasteiger partial charge on any atom is 0.326 e. The second-order valence-electron chi connectivity index (χ2n) is 7.12. The number of hydrogen-bond acceptors (Lipinski definition) is 5.